The topological polar surface area (TPSA) is 47.6 Å². The molecule has 1 aromatic carbocycles. The summed E-state index contributed by atoms with van der Waals surface area (Å²) in [4.78, 5) is 14.5. The van der Waals surface area contributed by atoms with Crippen molar-refractivity contribution in [3.63, 3.8) is 0 Å². The fraction of sp³-hybridized carbons (Fsp3) is 0.500. The molecule has 5 nitrogen and oxygen atoms in total. The first kappa shape index (κ1) is 13.8. The van der Waals surface area contributed by atoms with Crippen LogP contribution in [-0.2, 0) is 0 Å². The van der Waals surface area contributed by atoms with Crippen molar-refractivity contribution in [1.29, 1.82) is 0 Å². The van der Waals surface area contributed by atoms with Crippen LogP contribution in [0.5, 0.6) is 0 Å². The Hall–Kier alpha value is -1.59. The molecule has 1 saturated heterocycles. The summed E-state index contributed by atoms with van der Waals surface area (Å²) in [5.41, 5.74) is 6.23. The maximum atomic E-state index is 12.3. The van der Waals surface area contributed by atoms with Gasteiger partial charge in [-0.2, -0.15) is 0 Å². The van der Waals surface area contributed by atoms with Crippen LogP contribution < -0.4 is 10.7 Å². The molecular formula is C14H22N4O. The zero-order valence-corrected chi connectivity index (χ0v) is 11.9. The Kier molecular flexibility index (Phi) is 4.39. The second kappa shape index (κ2) is 6.04. The number of carbonyl (C=O) groups is 1. The Morgan fingerprint density at radius 3 is 2.58 bits per heavy atom. The molecule has 0 unspecified atom stereocenters. The van der Waals surface area contributed by atoms with E-state index in [0.717, 1.165) is 36.4 Å². The highest BCUT2D eigenvalue weighted by molar-refractivity contribution is 5.90. The number of urea groups is 1. The van der Waals surface area contributed by atoms with E-state index in [1.54, 1.807) is 5.01 Å². The summed E-state index contributed by atoms with van der Waals surface area (Å²) in [5.74, 6) is 0. The summed E-state index contributed by atoms with van der Waals surface area (Å²) < 4.78 is 0. The van der Waals surface area contributed by atoms with Crippen LogP contribution in [0.2, 0.25) is 0 Å². The number of likely N-dealkylation sites (N-methyl/N-ethyl adjacent to an activating group) is 1. The molecule has 0 aromatic heterocycles. The molecule has 0 atom stereocenters. The van der Waals surface area contributed by atoms with Gasteiger partial charge in [-0.1, -0.05) is 18.2 Å². The summed E-state index contributed by atoms with van der Waals surface area (Å²) in [7, 11) is 2.06. The van der Waals surface area contributed by atoms with E-state index in [9.17, 15) is 4.79 Å². The summed E-state index contributed by atoms with van der Waals surface area (Å²) in [6.45, 7) is 7.32. The van der Waals surface area contributed by atoms with Gasteiger partial charge in [-0.3, -0.25) is 5.01 Å². The maximum Gasteiger partial charge on any atom is 0.336 e. The van der Waals surface area contributed by atoms with Crippen LogP contribution in [-0.4, -0.2) is 49.2 Å². The number of anilines is 1. The largest absolute Gasteiger partial charge is 0.336 e. The van der Waals surface area contributed by atoms with Gasteiger partial charge in [-0.15, -0.1) is 0 Å². The number of hydrazine groups is 1. The summed E-state index contributed by atoms with van der Waals surface area (Å²) >= 11 is 0. The summed E-state index contributed by atoms with van der Waals surface area (Å²) in [6.07, 6.45) is 0. The molecule has 0 radical (unpaired) electrons. The fourth-order valence-electron chi connectivity index (χ4n) is 2.20. The molecule has 1 heterocycles. The number of nitrogens with one attached hydrogen (secondary N) is 2. The minimum absolute atomic E-state index is 0.0901. The number of para-hydroxylation sites is 1. The second-order valence-corrected chi connectivity index (χ2v) is 5.06. The Morgan fingerprint density at radius 1 is 1.21 bits per heavy atom. The van der Waals surface area contributed by atoms with Crippen LogP contribution in [0.4, 0.5) is 10.5 Å². The van der Waals surface area contributed by atoms with Gasteiger partial charge in [0, 0.05) is 25.3 Å². The number of rotatable bonds is 1. The number of carbonyl (C=O) groups excluding carboxylic acids is 1. The summed E-state index contributed by atoms with van der Waals surface area (Å²) in [5, 5.41) is 4.66. The van der Waals surface area contributed by atoms with Gasteiger partial charge in [-0.05, 0) is 32.0 Å². The standard InChI is InChI=1S/C14H22N4O/c1-11-5-4-6-12(2)13(11)16-14(19)18-10-9-17(3)8-7-15-18/h4-6,15H,7-10H2,1-3H3,(H,16,19). The maximum absolute atomic E-state index is 12.3. The van der Waals surface area contributed by atoms with E-state index in [-0.39, 0.29) is 6.03 Å². The van der Waals surface area contributed by atoms with Crippen molar-refractivity contribution >= 4 is 11.7 Å². The van der Waals surface area contributed by atoms with Gasteiger partial charge in [0.1, 0.15) is 0 Å². The third-order valence-electron chi connectivity index (χ3n) is 3.46. The van der Waals surface area contributed by atoms with E-state index in [0.29, 0.717) is 6.54 Å². The predicted molar refractivity (Wildman–Crippen MR) is 77.1 cm³/mol. The first-order valence-electron chi connectivity index (χ1n) is 6.64. The van der Waals surface area contributed by atoms with Crippen LogP contribution in [0.3, 0.4) is 0 Å². The highest BCUT2D eigenvalue weighted by Gasteiger charge is 2.18. The number of nitrogens with zero attached hydrogens (tertiary/aromatic N) is 2. The highest BCUT2D eigenvalue weighted by Crippen LogP contribution is 2.19. The van der Waals surface area contributed by atoms with Gasteiger partial charge in [0.05, 0.1) is 6.54 Å². The van der Waals surface area contributed by atoms with E-state index < -0.39 is 0 Å². The fourth-order valence-corrected chi connectivity index (χ4v) is 2.20. The molecule has 2 rings (SSSR count). The van der Waals surface area contributed by atoms with Crippen LogP contribution in [0, 0.1) is 13.8 Å². The predicted octanol–water partition coefficient (Wildman–Crippen LogP) is 1.59. The molecule has 1 fully saturated rings. The van der Waals surface area contributed by atoms with Crippen molar-refractivity contribution in [2.75, 3.05) is 38.5 Å². The van der Waals surface area contributed by atoms with Crippen molar-refractivity contribution in [1.82, 2.24) is 15.3 Å². The molecule has 5 heteroatoms. The minimum atomic E-state index is -0.0901. The van der Waals surface area contributed by atoms with Crippen LogP contribution in [0.25, 0.3) is 0 Å². The minimum Gasteiger partial charge on any atom is -0.306 e. The average molecular weight is 262 g/mol. The molecular weight excluding hydrogens is 240 g/mol. The summed E-state index contributed by atoms with van der Waals surface area (Å²) in [6, 6.07) is 5.92. The molecule has 2 N–H and O–H groups in total. The number of benzene rings is 1. The van der Waals surface area contributed by atoms with E-state index in [2.05, 4.69) is 22.7 Å². The third kappa shape index (κ3) is 3.45. The number of hydrogen-bond acceptors (Lipinski definition) is 3. The smallest absolute Gasteiger partial charge is 0.306 e. The lowest BCUT2D eigenvalue weighted by molar-refractivity contribution is 0.190. The monoisotopic (exact) mass is 262 g/mol. The molecule has 0 aliphatic carbocycles. The van der Waals surface area contributed by atoms with Crippen LogP contribution in [0.1, 0.15) is 11.1 Å². The lowest BCUT2D eigenvalue weighted by Gasteiger charge is -2.22. The third-order valence-corrected chi connectivity index (χ3v) is 3.46. The van der Waals surface area contributed by atoms with Crippen molar-refractivity contribution in [3.8, 4) is 0 Å². The molecule has 1 aliphatic rings. The van der Waals surface area contributed by atoms with Gasteiger partial charge >= 0.3 is 6.03 Å². The number of aryl methyl sites for hydroxylation is 2. The molecule has 0 saturated carbocycles. The van der Waals surface area contributed by atoms with E-state index in [1.807, 2.05) is 32.0 Å². The van der Waals surface area contributed by atoms with Crippen molar-refractivity contribution < 1.29 is 4.79 Å². The highest BCUT2D eigenvalue weighted by atomic mass is 16.2. The van der Waals surface area contributed by atoms with Gasteiger partial charge in [-0.25, -0.2) is 10.2 Å². The van der Waals surface area contributed by atoms with Crippen molar-refractivity contribution in [2.24, 2.45) is 0 Å². The first-order chi connectivity index (χ1) is 9.08. The van der Waals surface area contributed by atoms with Gasteiger partial charge < -0.3 is 10.2 Å². The number of hydrogen-bond donors (Lipinski definition) is 2. The SMILES string of the molecule is Cc1cccc(C)c1NC(=O)N1CCN(C)CCN1. The lowest BCUT2D eigenvalue weighted by Crippen LogP contribution is -2.46. The second-order valence-electron chi connectivity index (χ2n) is 5.06. The normalized spacial score (nSPS) is 17.1. The zero-order valence-electron chi connectivity index (χ0n) is 11.9. The Labute approximate surface area is 114 Å². The first-order valence-corrected chi connectivity index (χ1v) is 6.64. The van der Waals surface area contributed by atoms with Crippen LogP contribution in [0.15, 0.2) is 18.2 Å². The van der Waals surface area contributed by atoms with Crippen molar-refractivity contribution in [2.45, 2.75) is 13.8 Å². The Bertz CT molecular complexity index is 441. The van der Waals surface area contributed by atoms with Gasteiger partial charge in [0.25, 0.3) is 0 Å². The zero-order chi connectivity index (χ0) is 13.8. The molecule has 0 spiro atoms. The molecule has 19 heavy (non-hydrogen) atoms. The molecule has 2 amide bonds. The van der Waals surface area contributed by atoms with Crippen molar-refractivity contribution in [3.05, 3.63) is 29.3 Å². The molecule has 1 aromatic rings. The quantitative estimate of drug-likeness (QED) is 0.808. The van der Waals surface area contributed by atoms with E-state index in [4.69, 9.17) is 0 Å². The van der Waals surface area contributed by atoms with Gasteiger partial charge in [0.2, 0.25) is 0 Å². The number of amides is 2. The molecule has 104 valence electrons. The average Bonchev–Trinajstić information content (AvgIpc) is 2.59. The molecule has 0 bridgehead atoms. The van der Waals surface area contributed by atoms with Gasteiger partial charge in [0.15, 0.2) is 0 Å². The Morgan fingerprint density at radius 2 is 1.89 bits per heavy atom. The molecule has 1 aliphatic heterocycles. The Balaban J connectivity index is 2.04. The van der Waals surface area contributed by atoms with E-state index >= 15 is 0 Å². The lowest BCUT2D eigenvalue weighted by atomic mass is 10.1. The van der Waals surface area contributed by atoms with E-state index in [1.165, 1.54) is 0 Å². The van der Waals surface area contributed by atoms with Crippen LogP contribution >= 0.6 is 0 Å².